The average molecular weight is 420 g/mol. The molecule has 0 saturated carbocycles. The first kappa shape index (κ1) is 20.2. The number of amides is 1. The van der Waals surface area contributed by atoms with Gasteiger partial charge in [-0.25, -0.2) is 14.6 Å². The summed E-state index contributed by atoms with van der Waals surface area (Å²) in [5.74, 6) is 0.173. The fraction of sp³-hybridized carbons (Fsp3) is 0.304. The first-order valence-corrected chi connectivity index (χ1v) is 11.0. The third-order valence-corrected chi connectivity index (χ3v) is 6.50. The largest absolute Gasteiger partial charge is 0.339 e. The van der Waals surface area contributed by atoms with Crippen molar-refractivity contribution in [1.29, 1.82) is 0 Å². The zero-order valence-electron chi connectivity index (χ0n) is 17.2. The number of carbonyl (C=O) groups excluding carboxylic acids is 1. The third kappa shape index (κ3) is 4.57. The quantitative estimate of drug-likeness (QED) is 0.385. The molecule has 1 atom stereocenters. The molecule has 30 heavy (non-hydrogen) atoms. The molecule has 0 N–H and O–H groups in total. The Labute approximate surface area is 180 Å². The number of hydrogen-bond donors (Lipinski definition) is 0. The summed E-state index contributed by atoms with van der Waals surface area (Å²) in [6, 6.07) is 16.3. The van der Waals surface area contributed by atoms with Gasteiger partial charge in [0.1, 0.15) is 12.7 Å². The van der Waals surface area contributed by atoms with E-state index in [2.05, 4.69) is 28.1 Å². The minimum Gasteiger partial charge on any atom is -0.339 e. The van der Waals surface area contributed by atoms with Gasteiger partial charge < -0.3 is 4.90 Å². The first-order valence-electron chi connectivity index (χ1n) is 10.2. The second-order valence-electron chi connectivity index (χ2n) is 7.39. The molecular weight excluding hydrogens is 394 g/mol. The Kier molecular flexibility index (Phi) is 6.18. The molecule has 7 heteroatoms. The first-order chi connectivity index (χ1) is 14.6. The van der Waals surface area contributed by atoms with E-state index >= 15 is 0 Å². The molecule has 1 amide bonds. The SMILES string of the molecule is CC(c1ccc(-n2cncn2)cc1)N(C)C(=O)CCCCc1nc2ccccc2s1. The zero-order valence-corrected chi connectivity index (χ0v) is 18.0. The molecule has 0 saturated heterocycles. The fourth-order valence-electron chi connectivity index (χ4n) is 3.44. The van der Waals surface area contributed by atoms with Crippen LogP contribution in [0.4, 0.5) is 0 Å². The minimum atomic E-state index is 0.0200. The number of hydrogen-bond acceptors (Lipinski definition) is 5. The van der Waals surface area contributed by atoms with Gasteiger partial charge >= 0.3 is 0 Å². The van der Waals surface area contributed by atoms with Gasteiger partial charge in [0.25, 0.3) is 0 Å². The molecule has 2 heterocycles. The summed E-state index contributed by atoms with van der Waals surface area (Å²) >= 11 is 1.75. The molecule has 2 aromatic heterocycles. The summed E-state index contributed by atoms with van der Waals surface area (Å²) in [6.07, 6.45) is 6.51. The second kappa shape index (κ2) is 9.17. The standard InChI is InChI=1S/C23H25N5OS/c1-17(18-11-13-19(14-12-18)28-16-24-15-25-28)27(2)23(29)10-6-5-9-22-26-20-7-3-4-8-21(20)30-22/h3-4,7-8,11-17H,5-6,9-10H2,1-2H3. The summed E-state index contributed by atoms with van der Waals surface area (Å²) < 4.78 is 2.95. The number of nitrogens with zero attached hydrogens (tertiary/aromatic N) is 5. The molecule has 154 valence electrons. The lowest BCUT2D eigenvalue weighted by atomic mass is 10.1. The van der Waals surface area contributed by atoms with Gasteiger partial charge in [0, 0.05) is 13.5 Å². The van der Waals surface area contributed by atoms with E-state index in [1.807, 2.05) is 54.4 Å². The summed E-state index contributed by atoms with van der Waals surface area (Å²) in [6.45, 7) is 2.06. The molecule has 0 spiro atoms. The van der Waals surface area contributed by atoms with Gasteiger partial charge in [0.05, 0.1) is 27.0 Å². The molecule has 0 fully saturated rings. The number of carbonyl (C=O) groups is 1. The molecule has 1 unspecified atom stereocenters. The van der Waals surface area contributed by atoms with Crippen molar-refractivity contribution >= 4 is 27.5 Å². The van der Waals surface area contributed by atoms with Crippen molar-refractivity contribution in [2.45, 2.75) is 38.6 Å². The molecule has 0 radical (unpaired) electrons. The number of unbranched alkanes of at least 4 members (excludes halogenated alkanes) is 1. The molecule has 4 aromatic rings. The lowest BCUT2D eigenvalue weighted by molar-refractivity contribution is -0.131. The maximum Gasteiger partial charge on any atom is 0.222 e. The van der Waals surface area contributed by atoms with Crippen LogP contribution in [0.2, 0.25) is 0 Å². The molecular formula is C23H25N5OS. The Balaban J connectivity index is 1.26. The van der Waals surface area contributed by atoms with Crippen molar-refractivity contribution in [3.8, 4) is 5.69 Å². The number of fused-ring (bicyclic) bond motifs is 1. The van der Waals surface area contributed by atoms with Crippen LogP contribution >= 0.6 is 11.3 Å². The lowest BCUT2D eigenvalue weighted by Gasteiger charge is -2.25. The maximum atomic E-state index is 12.7. The number of aromatic nitrogens is 4. The van der Waals surface area contributed by atoms with E-state index in [4.69, 9.17) is 0 Å². The van der Waals surface area contributed by atoms with Gasteiger partial charge in [-0.3, -0.25) is 4.79 Å². The number of thiazole rings is 1. The molecule has 0 aliphatic rings. The predicted octanol–water partition coefficient (Wildman–Crippen LogP) is 4.81. The second-order valence-corrected chi connectivity index (χ2v) is 8.51. The minimum absolute atomic E-state index is 0.0200. The third-order valence-electron chi connectivity index (χ3n) is 5.40. The Morgan fingerprint density at radius 3 is 2.67 bits per heavy atom. The zero-order chi connectivity index (χ0) is 20.9. The monoisotopic (exact) mass is 419 g/mol. The number of rotatable bonds is 8. The Morgan fingerprint density at radius 2 is 1.93 bits per heavy atom. The van der Waals surface area contributed by atoms with Gasteiger partial charge in [0.15, 0.2) is 0 Å². The summed E-state index contributed by atoms with van der Waals surface area (Å²) in [4.78, 5) is 23.1. The van der Waals surface area contributed by atoms with Crippen LogP contribution in [0.5, 0.6) is 0 Å². The van der Waals surface area contributed by atoms with E-state index in [9.17, 15) is 4.79 Å². The van der Waals surface area contributed by atoms with Crippen LogP contribution in [0, 0.1) is 0 Å². The van der Waals surface area contributed by atoms with Crippen molar-refractivity contribution < 1.29 is 4.79 Å². The van der Waals surface area contributed by atoms with E-state index in [0.29, 0.717) is 6.42 Å². The molecule has 2 aromatic carbocycles. The van der Waals surface area contributed by atoms with Gasteiger partial charge in [-0.05, 0) is 56.0 Å². The highest BCUT2D eigenvalue weighted by Crippen LogP contribution is 2.24. The summed E-state index contributed by atoms with van der Waals surface area (Å²) in [5, 5.41) is 5.29. The maximum absolute atomic E-state index is 12.7. The van der Waals surface area contributed by atoms with Crippen LogP contribution in [0.25, 0.3) is 15.9 Å². The fourth-order valence-corrected chi connectivity index (χ4v) is 4.45. The number of aryl methyl sites for hydroxylation is 1. The highest BCUT2D eigenvalue weighted by Gasteiger charge is 2.17. The summed E-state index contributed by atoms with van der Waals surface area (Å²) in [5.41, 5.74) is 3.12. The van der Waals surface area contributed by atoms with E-state index in [-0.39, 0.29) is 11.9 Å². The normalized spacial score (nSPS) is 12.2. The number of benzene rings is 2. The van der Waals surface area contributed by atoms with Gasteiger partial charge in [-0.2, -0.15) is 5.10 Å². The van der Waals surface area contributed by atoms with Crippen LogP contribution in [0.1, 0.15) is 42.8 Å². The van der Waals surface area contributed by atoms with E-state index in [1.54, 1.807) is 22.3 Å². The van der Waals surface area contributed by atoms with Gasteiger partial charge in [0.2, 0.25) is 5.91 Å². The lowest BCUT2D eigenvalue weighted by Crippen LogP contribution is -2.29. The van der Waals surface area contributed by atoms with Crippen molar-refractivity contribution in [2.75, 3.05) is 7.05 Å². The van der Waals surface area contributed by atoms with Crippen molar-refractivity contribution in [1.82, 2.24) is 24.6 Å². The van der Waals surface area contributed by atoms with E-state index in [0.717, 1.165) is 41.0 Å². The van der Waals surface area contributed by atoms with Crippen molar-refractivity contribution in [3.63, 3.8) is 0 Å². The molecule has 4 rings (SSSR count). The summed E-state index contributed by atoms with van der Waals surface area (Å²) in [7, 11) is 1.88. The molecule has 0 aliphatic heterocycles. The molecule has 0 aliphatic carbocycles. The van der Waals surface area contributed by atoms with Crippen LogP contribution in [0.3, 0.4) is 0 Å². The van der Waals surface area contributed by atoms with Crippen molar-refractivity contribution in [3.05, 3.63) is 71.8 Å². The van der Waals surface area contributed by atoms with Crippen molar-refractivity contribution in [2.24, 2.45) is 0 Å². The van der Waals surface area contributed by atoms with Gasteiger partial charge in [-0.1, -0.05) is 24.3 Å². The van der Waals surface area contributed by atoms with Crippen LogP contribution in [0.15, 0.2) is 61.2 Å². The Morgan fingerprint density at radius 1 is 1.13 bits per heavy atom. The highest BCUT2D eigenvalue weighted by atomic mass is 32.1. The van der Waals surface area contributed by atoms with E-state index in [1.165, 1.54) is 11.0 Å². The van der Waals surface area contributed by atoms with Crippen LogP contribution in [-0.2, 0) is 11.2 Å². The average Bonchev–Trinajstić information content (AvgIpc) is 3.45. The highest BCUT2D eigenvalue weighted by molar-refractivity contribution is 7.18. The molecule has 0 bridgehead atoms. The molecule has 6 nitrogen and oxygen atoms in total. The Bertz CT molecular complexity index is 1070. The van der Waals surface area contributed by atoms with Crippen LogP contribution < -0.4 is 0 Å². The smallest absolute Gasteiger partial charge is 0.222 e. The predicted molar refractivity (Wildman–Crippen MR) is 120 cm³/mol. The number of para-hydroxylation sites is 1. The van der Waals surface area contributed by atoms with Gasteiger partial charge in [-0.15, -0.1) is 11.3 Å². The Hall–Kier alpha value is -3.06. The van der Waals surface area contributed by atoms with Crippen LogP contribution in [-0.4, -0.2) is 37.6 Å². The topological polar surface area (TPSA) is 63.9 Å². The van der Waals surface area contributed by atoms with E-state index < -0.39 is 0 Å².